The molecule has 1 aliphatic heterocycles. The van der Waals surface area contributed by atoms with Gasteiger partial charge in [-0.1, -0.05) is 6.07 Å². The number of hydrogen-bond donors (Lipinski definition) is 2. The molecule has 3 nitrogen and oxygen atoms in total. The summed E-state index contributed by atoms with van der Waals surface area (Å²) in [7, 11) is 1.86. The van der Waals surface area contributed by atoms with Crippen LogP contribution in [-0.2, 0) is 4.79 Å². The number of carbonyl (C=O) groups is 1. The quantitative estimate of drug-likeness (QED) is 0.446. The lowest BCUT2D eigenvalue weighted by atomic mass is 9.90. The van der Waals surface area contributed by atoms with Crippen molar-refractivity contribution < 1.29 is 9.90 Å². The summed E-state index contributed by atoms with van der Waals surface area (Å²) in [5, 5.41) is 12.7. The summed E-state index contributed by atoms with van der Waals surface area (Å²) in [5.74, 6) is 0.221. The van der Waals surface area contributed by atoms with Gasteiger partial charge in [-0.15, -0.1) is 0 Å². The van der Waals surface area contributed by atoms with Gasteiger partial charge in [-0.05, 0) is 76.4 Å². The molecule has 1 aliphatic rings. The topological polar surface area (TPSA) is 49.3 Å². The smallest absolute Gasteiger partial charge is 0.256 e. The van der Waals surface area contributed by atoms with Gasteiger partial charge >= 0.3 is 0 Å². The molecule has 0 spiro atoms. The van der Waals surface area contributed by atoms with Crippen molar-refractivity contribution in [2.75, 3.05) is 5.32 Å². The van der Waals surface area contributed by atoms with Crippen molar-refractivity contribution >= 4 is 59.1 Å². The molecule has 1 amide bonds. The third-order valence-electron chi connectivity index (χ3n) is 3.59. The molecule has 0 radical (unpaired) electrons. The molecule has 0 saturated heterocycles. The van der Waals surface area contributed by atoms with E-state index in [0.717, 1.165) is 31.4 Å². The Hall–Kier alpha value is -1.76. The SMILES string of the molecule is Bc1cc(/C=C2\C(=O)Nc3ccc(I)cc32)cc(C)c1O. The van der Waals surface area contributed by atoms with E-state index in [-0.39, 0.29) is 5.91 Å². The van der Waals surface area contributed by atoms with E-state index >= 15 is 0 Å². The summed E-state index contributed by atoms with van der Waals surface area (Å²) in [6, 6.07) is 9.66. The van der Waals surface area contributed by atoms with Crippen LogP contribution in [0.1, 0.15) is 16.7 Å². The Morgan fingerprint density at radius 1 is 1.29 bits per heavy atom. The van der Waals surface area contributed by atoms with E-state index in [9.17, 15) is 9.90 Å². The Labute approximate surface area is 137 Å². The molecule has 2 aromatic rings. The van der Waals surface area contributed by atoms with Crippen molar-refractivity contribution in [3.8, 4) is 5.75 Å². The van der Waals surface area contributed by atoms with Gasteiger partial charge in [0.25, 0.3) is 5.91 Å². The lowest BCUT2D eigenvalue weighted by Gasteiger charge is -2.06. The Balaban J connectivity index is 2.13. The molecule has 2 aromatic carbocycles. The normalized spacial score (nSPS) is 15.1. The van der Waals surface area contributed by atoms with Crippen LogP contribution >= 0.6 is 22.6 Å². The Bertz CT molecular complexity index is 776. The highest BCUT2D eigenvalue weighted by Gasteiger charge is 2.24. The maximum absolute atomic E-state index is 12.2. The highest BCUT2D eigenvalue weighted by atomic mass is 127. The number of halogens is 1. The van der Waals surface area contributed by atoms with Crippen LogP contribution in [0.4, 0.5) is 5.69 Å². The first kappa shape index (κ1) is 14.2. The van der Waals surface area contributed by atoms with Gasteiger partial charge in [0.1, 0.15) is 13.6 Å². The highest BCUT2D eigenvalue weighted by Crippen LogP contribution is 2.34. The summed E-state index contributed by atoms with van der Waals surface area (Å²) in [4.78, 5) is 12.2. The number of fused-ring (bicyclic) bond motifs is 1. The van der Waals surface area contributed by atoms with Crippen LogP contribution in [0.2, 0.25) is 0 Å². The first-order valence-corrected chi connectivity index (χ1v) is 7.67. The molecule has 0 unspecified atom stereocenters. The molecule has 2 N–H and O–H groups in total. The molecular weight excluding hydrogens is 376 g/mol. The minimum atomic E-state index is -0.0876. The maximum atomic E-state index is 12.2. The van der Waals surface area contributed by atoms with Crippen LogP contribution in [0.25, 0.3) is 11.6 Å². The number of nitrogens with one attached hydrogen (secondary N) is 1. The number of hydrogen-bond acceptors (Lipinski definition) is 2. The number of anilines is 1. The van der Waals surface area contributed by atoms with Crippen LogP contribution in [0.3, 0.4) is 0 Å². The molecule has 104 valence electrons. The van der Waals surface area contributed by atoms with Gasteiger partial charge in [-0.25, -0.2) is 0 Å². The van der Waals surface area contributed by atoms with E-state index < -0.39 is 0 Å². The molecule has 0 aliphatic carbocycles. The number of carbonyl (C=O) groups excluding carboxylic acids is 1. The fraction of sp³-hybridized carbons (Fsp3) is 0.0625. The largest absolute Gasteiger partial charge is 0.508 e. The molecule has 0 atom stereocenters. The standard InChI is InChI=1S/C16H13BINO2/c1-8-4-9(6-13(17)15(8)20)5-12-11-7-10(18)2-3-14(11)19-16(12)21/h2-7,20H,17H2,1H3,(H,19,21)/b12-5-. The van der Waals surface area contributed by atoms with Crippen molar-refractivity contribution in [2.24, 2.45) is 0 Å². The summed E-state index contributed by atoms with van der Waals surface area (Å²) >= 11 is 2.24. The molecule has 0 fully saturated rings. The first-order valence-electron chi connectivity index (χ1n) is 6.59. The number of aryl methyl sites for hydroxylation is 1. The van der Waals surface area contributed by atoms with E-state index in [1.54, 1.807) is 0 Å². The summed E-state index contributed by atoms with van der Waals surface area (Å²) < 4.78 is 1.09. The Kier molecular flexibility index (Phi) is 3.53. The van der Waals surface area contributed by atoms with Crippen LogP contribution in [0.5, 0.6) is 5.75 Å². The van der Waals surface area contributed by atoms with Gasteiger partial charge in [-0.2, -0.15) is 0 Å². The summed E-state index contributed by atoms with van der Waals surface area (Å²) in [6.45, 7) is 1.86. The van der Waals surface area contributed by atoms with Crippen molar-refractivity contribution in [3.05, 3.63) is 50.6 Å². The third-order valence-corrected chi connectivity index (χ3v) is 4.26. The molecule has 0 aromatic heterocycles. The number of rotatable bonds is 1. The summed E-state index contributed by atoms with van der Waals surface area (Å²) in [5.41, 5.74) is 4.97. The van der Waals surface area contributed by atoms with Crippen LogP contribution in [0.15, 0.2) is 30.3 Å². The second-order valence-corrected chi connectivity index (χ2v) is 6.45. The third kappa shape index (κ3) is 2.57. The first-order chi connectivity index (χ1) is 9.95. The van der Waals surface area contributed by atoms with Crippen LogP contribution < -0.4 is 10.8 Å². The lowest BCUT2D eigenvalue weighted by Crippen LogP contribution is -2.06. The summed E-state index contributed by atoms with van der Waals surface area (Å²) in [6.07, 6.45) is 1.87. The number of amides is 1. The zero-order valence-electron chi connectivity index (χ0n) is 11.7. The number of benzene rings is 2. The molecule has 0 bridgehead atoms. The Morgan fingerprint density at radius 3 is 2.76 bits per heavy atom. The zero-order chi connectivity index (χ0) is 15.1. The van der Waals surface area contributed by atoms with Gasteiger partial charge in [0.15, 0.2) is 0 Å². The fourth-order valence-electron chi connectivity index (χ4n) is 2.54. The average Bonchev–Trinajstić information content (AvgIpc) is 2.72. The molecule has 5 heteroatoms. The maximum Gasteiger partial charge on any atom is 0.256 e. The van der Waals surface area contributed by atoms with Crippen molar-refractivity contribution in [2.45, 2.75) is 6.92 Å². The predicted octanol–water partition coefficient (Wildman–Crippen LogP) is 2.06. The molecular formula is C16H13BINO2. The lowest BCUT2D eigenvalue weighted by molar-refractivity contribution is -0.110. The van der Waals surface area contributed by atoms with Gasteiger partial charge in [0.05, 0.1) is 0 Å². The van der Waals surface area contributed by atoms with E-state index in [2.05, 4.69) is 27.9 Å². The molecule has 21 heavy (non-hydrogen) atoms. The van der Waals surface area contributed by atoms with Crippen molar-refractivity contribution in [3.63, 3.8) is 0 Å². The molecule has 0 saturated carbocycles. The van der Waals surface area contributed by atoms with Crippen LogP contribution in [0, 0.1) is 10.5 Å². The molecule has 1 heterocycles. The van der Waals surface area contributed by atoms with Gasteiger partial charge in [0.2, 0.25) is 0 Å². The van der Waals surface area contributed by atoms with E-state index in [4.69, 9.17) is 0 Å². The minimum absolute atomic E-state index is 0.0876. The fourth-order valence-corrected chi connectivity index (χ4v) is 3.03. The Morgan fingerprint density at radius 2 is 2.05 bits per heavy atom. The van der Waals surface area contributed by atoms with Crippen LogP contribution in [-0.4, -0.2) is 18.9 Å². The van der Waals surface area contributed by atoms with Crippen molar-refractivity contribution in [1.82, 2.24) is 0 Å². The predicted molar refractivity (Wildman–Crippen MR) is 96.7 cm³/mol. The average molecular weight is 389 g/mol. The van der Waals surface area contributed by atoms with Gasteiger partial charge in [0, 0.05) is 20.4 Å². The monoisotopic (exact) mass is 389 g/mol. The minimum Gasteiger partial charge on any atom is -0.508 e. The second-order valence-electron chi connectivity index (χ2n) is 5.21. The van der Waals surface area contributed by atoms with E-state index in [0.29, 0.717) is 11.3 Å². The number of phenolic OH excluding ortho intramolecular Hbond substituents is 1. The van der Waals surface area contributed by atoms with E-state index in [1.165, 1.54) is 0 Å². The number of phenols is 1. The zero-order valence-corrected chi connectivity index (χ0v) is 13.9. The highest BCUT2D eigenvalue weighted by molar-refractivity contribution is 14.1. The van der Waals surface area contributed by atoms with Gasteiger partial charge < -0.3 is 10.4 Å². The van der Waals surface area contributed by atoms with Crippen molar-refractivity contribution in [1.29, 1.82) is 0 Å². The second kappa shape index (κ2) is 5.22. The van der Waals surface area contributed by atoms with Gasteiger partial charge in [-0.3, -0.25) is 4.79 Å². The van der Waals surface area contributed by atoms with E-state index in [1.807, 2.05) is 51.2 Å². The number of aromatic hydroxyl groups is 1. The molecule has 3 rings (SSSR count).